The van der Waals surface area contributed by atoms with Gasteiger partial charge in [0.2, 0.25) is 0 Å². The Bertz CT molecular complexity index is 1010. The molecule has 1 saturated carbocycles. The van der Waals surface area contributed by atoms with Gasteiger partial charge in [-0.1, -0.05) is 18.2 Å². The third kappa shape index (κ3) is 3.74. The molecule has 1 amide bonds. The van der Waals surface area contributed by atoms with Crippen LogP contribution in [0, 0.1) is 0 Å². The Hall–Kier alpha value is -3.22. The molecule has 2 aromatic heterocycles. The molecule has 0 saturated heterocycles. The smallest absolute Gasteiger partial charge is 0.254 e. The maximum Gasteiger partial charge on any atom is 0.254 e. The van der Waals surface area contributed by atoms with Crippen LogP contribution in [0.5, 0.6) is 0 Å². The summed E-state index contributed by atoms with van der Waals surface area (Å²) < 4.78 is 14.1. The summed E-state index contributed by atoms with van der Waals surface area (Å²) in [6.07, 6.45) is 2.71. The number of para-hydroxylation sites is 1. The SMILES string of the molecule is CNC(=O)c1cnc(Nc2ccc3ccccc3n2)cc1N[C@H]1CCC[C@H]1F. The number of anilines is 3. The fourth-order valence-corrected chi connectivity index (χ4v) is 3.50. The number of pyridine rings is 2. The summed E-state index contributed by atoms with van der Waals surface area (Å²) in [5.74, 6) is 0.916. The zero-order chi connectivity index (χ0) is 19.5. The van der Waals surface area contributed by atoms with Gasteiger partial charge in [-0.3, -0.25) is 4.79 Å². The number of carbonyl (C=O) groups excluding carboxylic acids is 1. The molecule has 144 valence electrons. The molecule has 7 heteroatoms. The molecule has 2 atom stereocenters. The number of halogens is 1. The van der Waals surface area contributed by atoms with Crippen LogP contribution in [-0.4, -0.2) is 35.1 Å². The molecule has 3 N–H and O–H groups in total. The van der Waals surface area contributed by atoms with Gasteiger partial charge in [-0.2, -0.15) is 0 Å². The molecule has 0 bridgehead atoms. The summed E-state index contributed by atoms with van der Waals surface area (Å²) in [6.45, 7) is 0. The van der Waals surface area contributed by atoms with Crippen LogP contribution in [0.15, 0.2) is 48.7 Å². The lowest BCUT2D eigenvalue weighted by atomic mass is 10.1. The van der Waals surface area contributed by atoms with Crippen molar-refractivity contribution in [2.45, 2.75) is 31.5 Å². The van der Waals surface area contributed by atoms with Crippen LogP contribution in [0.25, 0.3) is 10.9 Å². The van der Waals surface area contributed by atoms with E-state index in [9.17, 15) is 9.18 Å². The van der Waals surface area contributed by atoms with Crippen LogP contribution in [0.4, 0.5) is 21.7 Å². The molecule has 0 aliphatic heterocycles. The Morgan fingerprint density at radius 1 is 1.14 bits per heavy atom. The predicted molar refractivity (Wildman–Crippen MR) is 109 cm³/mol. The average Bonchev–Trinajstić information content (AvgIpc) is 3.12. The number of benzene rings is 1. The van der Waals surface area contributed by atoms with Gasteiger partial charge in [0.15, 0.2) is 0 Å². The Balaban J connectivity index is 1.62. The lowest BCUT2D eigenvalue weighted by Crippen LogP contribution is -2.27. The topological polar surface area (TPSA) is 78.9 Å². The first-order valence-electron chi connectivity index (χ1n) is 9.39. The van der Waals surface area contributed by atoms with Crippen molar-refractivity contribution in [1.82, 2.24) is 15.3 Å². The summed E-state index contributed by atoms with van der Waals surface area (Å²) in [7, 11) is 1.56. The Labute approximate surface area is 162 Å². The molecule has 3 aromatic rings. The van der Waals surface area contributed by atoms with Crippen LogP contribution < -0.4 is 16.0 Å². The maximum atomic E-state index is 14.1. The number of hydrogen-bond donors (Lipinski definition) is 3. The van der Waals surface area contributed by atoms with Crippen LogP contribution in [0.1, 0.15) is 29.6 Å². The van der Waals surface area contributed by atoms with Gasteiger partial charge in [-0.25, -0.2) is 14.4 Å². The van der Waals surface area contributed by atoms with Crippen molar-refractivity contribution >= 4 is 34.1 Å². The normalized spacial score (nSPS) is 18.8. The first-order valence-corrected chi connectivity index (χ1v) is 9.39. The number of fused-ring (bicyclic) bond motifs is 1. The molecule has 6 nitrogen and oxygen atoms in total. The minimum Gasteiger partial charge on any atom is -0.379 e. The first-order chi connectivity index (χ1) is 13.6. The summed E-state index contributed by atoms with van der Waals surface area (Å²) >= 11 is 0. The van der Waals surface area contributed by atoms with Gasteiger partial charge in [0.25, 0.3) is 5.91 Å². The number of aromatic nitrogens is 2. The lowest BCUT2D eigenvalue weighted by Gasteiger charge is -2.19. The molecule has 0 spiro atoms. The van der Waals surface area contributed by atoms with E-state index in [0.717, 1.165) is 23.7 Å². The molecule has 2 heterocycles. The standard InChI is InChI=1S/C21H22FN5O/c1-23-21(28)14-12-24-20(11-18(14)25-17-8-4-6-15(17)22)27-19-10-9-13-5-2-3-7-16(13)26-19/h2-3,5,7,9-12,15,17H,4,6,8H2,1H3,(H,23,28)(H2,24,25,26,27)/t15-,17+/m1/s1. The van der Waals surface area contributed by atoms with Gasteiger partial charge in [0, 0.05) is 24.7 Å². The van der Waals surface area contributed by atoms with E-state index in [1.807, 2.05) is 36.4 Å². The van der Waals surface area contributed by atoms with E-state index in [-0.39, 0.29) is 11.9 Å². The Morgan fingerprint density at radius 2 is 2.00 bits per heavy atom. The second-order valence-corrected chi connectivity index (χ2v) is 6.91. The fraction of sp³-hybridized carbons (Fsp3) is 0.286. The van der Waals surface area contributed by atoms with E-state index in [2.05, 4.69) is 25.9 Å². The molecule has 28 heavy (non-hydrogen) atoms. The van der Waals surface area contributed by atoms with Crippen LogP contribution in [0.3, 0.4) is 0 Å². The number of carbonyl (C=O) groups is 1. The predicted octanol–water partition coefficient (Wildman–Crippen LogP) is 4.04. The number of nitrogens with zero attached hydrogens (tertiary/aromatic N) is 2. The summed E-state index contributed by atoms with van der Waals surface area (Å²) in [5.41, 5.74) is 1.82. The Morgan fingerprint density at radius 3 is 2.79 bits per heavy atom. The third-order valence-corrected chi connectivity index (χ3v) is 5.00. The van der Waals surface area contributed by atoms with Crippen LogP contribution in [0.2, 0.25) is 0 Å². The fourth-order valence-electron chi connectivity index (χ4n) is 3.50. The van der Waals surface area contributed by atoms with Gasteiger partial charge < -0.3 is 16.0 Å². The Kier molecular flexibility index (Phi) is 5.06. The summed E-state index contributed by atoms with van der Waals surface area (Å²) in [6, 6.07) is 13.1. The number of hydrogen-bond acceptors (Lipinski definition) is 5. The highest BCUT2D eigenvalue weighted by atomic mass is 19.1. The second-order valence-electron chi connectivity index (χ2n) is 6.91. The van der Waals surface area contributed by atoms with Crippen molar-refractivity contribution in [3.63, 3.8) is 0 Å². The van der Waals surface area contributed by atoms with Gasteiger partial charge in [0.05, 0.1) is 22.8 Å². The molecule has 4 rings (SSSR count). The number of nitrogens with one attached hydrogen (secondary N) is 3. The number of rotatable bonds is 5. The van der Waals surface area contributed by atoms with Crippen LogP contribution >= 0.6 is 0 Å². The van der Waals surface area contributed by atoms with Crippen molar-refractivity contribution in [1.29, 1.82) is 0 Å². The molecular formula is C21H22FN5O. The van der Waals surface area contributed by atoms with E-state index in [1.165, 1.54) is 6.20 Å². The summed E-state index contributed by atoms with van der Waals surface area (Å²) in [5, 5.41) is 10.0. The number of amides is 1. The quantitative estimate of drug-likeness (QED) is 0.624. The minimum absolute atomic E-state index is 0.265. The van der Waals surface area contributed by atoms with Crippen molar-refractivity contribution in [2.75, 3.05) is 17.7 Å². The third-order valence-electron chi connectivity index (χ3n) is 5.00. The van der Waals surface area contributed by atoms with E-state index in [0.29, 0.717) is 29.3 Å². The second kappa shape index (κ2) is 7.80. The number of alkyl halides is 1. The van der Waals surface area contributed by atoms with Gasteiger partial charge >= 0.3 is 0 Å². The molecule has 0 radical (unpaired) electrons. The maximum absolute atomic E-state index is 14.1. The van der Waals surface area contributed by atoms with Crippen molar-refractivity contribution in [3.8, 4) is 0 Å². The molecule has 1 aromatic carbocycles. The van der Waals surface area contributed by atoms with Gasteiger partial charge in [-0.05, 0) is 37.5 Å². The lowest BCUT2D eigenvalue weighted by molar-refractivity contribution is 0.0963. The minimum atomic E-state index is -0.913. The molecule has 0 unspecified atom stereocenters. The monoisotopic (exact) mass is 379 g/mol. The van der Waals surface area contributed by atoms with E-state index in [1.54, 1.807) is 13.1 Å². The largest absolute Gasteiger partial charge is 0.379 e. The summed E-state index contributed by atoms with van der Waals surface area (Å²) in [4.78, 5) is 21.1. The van der Waals surface area contributed by atoms with Gasteiger partial charge in [0.1, 0.15) is 17.8 Å². The highest BCUT2D eigenvalue weighted by molar-refractivity contribution is 5.99. The highest BCUT2D eigenvalue weighted by Crippen LogP contribution is 2.29. The van der Waals surface area contributed by atoms with Crippen molar-refractivity contribution in [3.05, 3.63) is 54.2 Å². The van der Waals surface area contributed by atoms with Crippen LogP contribution in [-0.2, 0) is 0 Å². The molecule has 1 fully saturated rings. The van der Waals surface area contributed by atoms with Crippen molar-refractivity contribution in [2.24, 2.45) is 0 Å². The molecule has 1 aliphatic rings. The average molecular weight is 379 g/mol. The zero-order valence-corrected chi connectivity index (χ0v) is 15.6. The highest BCUT2D eigenvalue weighted by Gasteiger charge is 2.28. The van der Waals surface area contributed by atoms with E-state index < -0.39 is 6.17 Å². The van der Waals surface area contributed by atoms with E-state index in [4.69, 9.17) is 0 Å². The van der Waals surface area contributed by atoms with Crippen molar-refractivity contribution < 1.29 is 9.18 Å². The zero-order valence-electron chi connectivity index (χ0n) is 15.6. The van der Waals surface area contributed by atoms with Gasteiger partial charge in [-0.15, -0.1) is 0 Å². The first kappa shape index (κ1) is 18.2. The molecule has 1 aliphatic carbocycles. The molecular weight excluding hydrogens is 357 g/mol. The van der Waals surface area contributed by atoms with E-state index >= 15 is 0 Å².